The summed E-state index contributed by atoms with van der Waals surface area (Å²) in [5.41, 5.74) is 4.31. The molecule has 2 N–H and O–H groups in total. The van der Waals surface area contributed by atoms with Crippen molar-refractivity contribution < 1.29 is 4.39 Å². The molecule has 2 atom stereocenters. The molecule has 0 saturated carbocycles. The third kappa shape index (κ3) is 5.96. The van der Waals surface area contributed by atoms with Crippen molar-refractivity contribution in [3.8, 4) is 12.1 Å². The summed E-state index contributed by atoms with van der Waals surface area (Å²) >= 11 is 6.74. The lowest BCUT2D eigenvalue weighted by atomic mass is 10.0. The van der Waals surface area contributed by atoms with Crippen LogP contribution in [0, 0.1) is 28.5 Å². The minimum Gasteiger partial charge on any atom is -0.376 e. The van der Waals surface area contributed by atoms with Crippen LogP contribution in [0.2, 0.25) is 5.02 Å². The van der Waals surface area contributed by atoms with Gasteiger partial charge in [-0.05, 0) is 49.2 Å². The van der Waals surface area contributed by atoms with Gasteiger partial charge in [0.1, 0.15) is 17.6 Å². The Morgan fingerprint density at radius 1 is 1.00 bits per heavy atom. The molecule has 0 aliphatic rings. The molecule has 0 fully saturated rings. The van der Waals surface area contributed by atoms with Crippen molar-refractivity contribution >= 4 is 33.9 Å². The second kappa shape index (κ2) is 12.0. The summed E-state index contributed by atoms with van der Waals surface area (Å²) in [5.74, 6) is -0.344. The predicted octanol–water partition coefficient (Wildman–Crippen LogP) is 7.34. The standard InChI is InChI=1S/C31H26ClFN8/c1-19(2)41-18-28(39-40-41)30(21-8-10-23(33)11-9-21)37-24-14-25-29(22(16-35)17-36-31(25)26(32)15-24)38-27(12-13-34)20-6-4-3-5-7-20/h3-11,14-15,17-19,27,30,37H,12H2,1-2H3,(H,36,38)/t27?,30-/m0/s1. The molecule has 10 heteroatoms. The number of benzene rings is 3. The summed E-state index contributed by atoms with van der Waals surface area (Å²) in [6, 6.07) is 23.1. The Balaban J connectivity index is 1.61. The van der Waals surface area contributed by atoms with Crippen LogP contribution in [0.3, 0.4) is 0 Å². The van der Waals surface area contributed by atoms with Gasteiger partial charge < -0.3 is 10.6 Å². The number of pyridine rings is 1. The quantitative estimate of drug-likeness (QED) is 0.192. The van der Waals surface area contributed by atoms with Crippen LogP contribution in [-0.4, -0.2) is 20.0 Å². The number of halogens is 2. The monoisotopic (exact) mass is 564 g/mol. The fourth-order valence-electron chi connectivity index (χ4n) is 4.61. The van der Waals surface area contributed by atoms with Crippen LogP contribution in [-0.2, 0) is 0 Å². The number of aromatic nitrogens is 4. The summed E-state index contributed by atoms with van der Waals surface area (Å²) in [7, 11) is 0. The fraction of sp³-hybridized carbons (Fsp3) is 0.194. The Kier molecular flexibility index (Phi) is 8.09. The molecule has 0 bridgehead atoms. The molecule has 0 spiro atoms. The smallest absolute Gasteiger partial charge is 0.123 e. The van der Waals surface area contributed by atoms with E-state index in [4.69, 9.17) is 11.6 Å². The third-order valence-electron chi connectivity index (χ3n) is 6.73. The predicted molar refractivity (Wildman–Crippen MR) is 157 cm³/mol. The molecule has 0 amide bonds. The van der Waals surface area contributed by atoms with Crippen molar-refractivity contribution in [3.63, 3.8) is 0 Å². The van der Waals surface area contributed by atoms with Gasteiger partial charge in [-0.25, -0.2) is 9.07 Å². The van der Waals surface area contributed by atoms with E-state index >= 15 is 0 Å². The van der Waals surface area contributed by atoms with Gasteiger partial charge in [0.15, 0.2) is 0 Å². The number of hydrogen-bond acceptors (Lipinski definition) is 7. The average molecular weight is 565 g/mol. The van der Waals surface area contributed by atoms with Gasteiger partial charge in [-0.2, -0.15) is 10.5 Å². The van der Waals surface area contributed by atoms with E-state index in [2.05, 4.69) is 38.1 Å². The van der Waals surface area contributed by atoms with Crippen LogP contribution >= 0.6 is 11.6 Å². The number of nitrogens with one attached hydrogen (secondary N) is 2. The number of anilines is 2. The number of nitriles is 2. The van der Waals surface area contributed by atoms with Crippen molar-refractivity contribution in [2.24, 2.45) is 0 Å². The Hall–Kier alpha value is -4.99. The lowest BCUT2D eigenvalue weighted by molar-refractivity contribution is 0.514. The first-order valence-electron chi connectivity index (χ1n) is 13.0. The van der Waals surface area contributed by atoms with Crippen molar-refractivity contribution in [1.29, 1.82) is 10.5 Å². The number of rotatable bonds is 9. The van der Waals surface area contributed by atoms with Gasteiger partial charge >= 0.3 is 0 Å². The van der Waals surface area contributed by atoms with Crippen LogP contribution in [0.25, 0.3) is 10.9 Å². The summed E-state index contributed by atoms with van der Waals surface area (Å²) in [5, 5.41) is 36.0. The van der Waals surface area contributed by atoms with Gasteiger partial charge in [-0.3, -0.25) is 4.98 Å². The van der Waals surface area contributed by atoms with Gasteiger partial charge in [-0.1, -0.05) is 59.3 Å². The lowest BCUT2D eigenvalue weighted by Crippen LogP contribution is -2.14. The molecule has 41 heavy (non-hydrogen) atoms. The molecule has 0 aliphatic carbocycles. The first-order valence-corrected chi connectivity index (χ1v) is 13.4. The van der Waals surface area contributed by atoms with E-state index in [0.29, 0.717) is 38.6 Å². The van der Waals surface area contributed by atoms with E-state index in [0.717, 1.165) is 11.1 Å². The maximum absolute atomic E-state index is 13.8. The van der Waals surface area contributed by atoms with Crippen molar-refractivity contribution in [2.75, 3.05) is 10.6 Å². The minimum absolute atomic E-state index is 0.107. The Bertz CT molecular complexity index is 1750. The molecule has 8 nitrogen and oxygen atoms in total. The molecule has 2 aromatic heterocycles. The molecular weight excluding hydrogens is 539 g/mol. The lowest BCUT2D eigenvalue weighted by Gasteiger charge is -2.22. The summed E-state index contributed by atoms with van der Waals surface area (Å²) in [6.07, 6.45) is 3.51. The number of fused-ring (bicyclic) bond motifs is 1. The molecule has 2 heterocycles. The van der Waals surface area contributed by atoms with Crippen LogP contribution in [0.4, 0.5) is 15.8 Å². The third-order valence-corrected chi connectivity index (χ3v) is 7.02. The van der Waals surface area contributed by atoms with Gasteiger partial charge in [-0.15, -0.1) is 5.10 Å². The van der Waals surface area contributed by atoms with Crippen LogP contribution in [0.5, 0.6) is 0 Å². The molecule has 1 unspecified atom stereocenters. The van der Waals surface area contributed by atoms with Gasteiger partial charge in [0.25, 0.3) is 0 Å². The Labute approximate surface area is 242 Å². The van der Waals surface area contributed by atoms with Crippen molar-refractivity contribution in [3.05, 3.63) is 112 Å². The summed E-state index contributed by atoms with van der Waals surface area (Å²) < 4.78 is 15.5. The molecule has 5 aromatic rings. The zero-order valence-corrected chi connectivity index (χ0v) is 23.1. The Morgan fingerprint density at radius 3 is 2.41 bits per heavy atom. The molecule has 204 valence electrons. The van der Waals surface area contributed by atoms with Gasteiger partial charge in [0, 0.05) is 23.3 Å². The minimum atomic E-state index is -0.476. The summed E-state index contributed by atoms with van der Waals surface area (Å²) in [4.78, 5) is 4.45. The first kappa shape index (κ1) is 27.6. The second-order valence-electron chi connectivity index (χ2n) is 9.83. The molecule has 0 saturated heterocycles. The van der Waals surface area contributed by atoms with Gasteiger partial charge in [0.05, 0.1) is 52.6 Å². The topological polar surface area (TPSA) is 115 Å². The fourth-order valence-corrected chi connectivity index (χ4v) is 4.88. The highest BCUT2D eigenvalue weighted by atomic mass is 35.5. The first-order chi connectivity index (χ1) is 19.9. The zero-order chi connectivity index (χ0) is 28.9. The van der Waals surface area contributed by atoms with Crippen LogP contribution in [0.15, 0.2) is 79.1 Å². The molecule has 3 aromatic carbocycles. The van der Waals surface area contributed by atoms with E-state index in [9.17, 15) is 14.9 Å². The van der Waals surface area contributed by atoms with E-state index in [1.807, 2.05) is 56.4 Å². The van der Waals surface area contributed by atoms with Crippen molar-refractivity contribution in [1.82, 2.24) is 20.0 Å². The Morgan fingerprint density at radius 2 is 1.76 bits per heavy atom. The van der Waals surface area contributed by atoms with E-state index in [1.54, 1.807) is 22.9 Å². The molecular formula is C31H26ClFN8. The zero-order valence-electron chi connectivity index (χ0n) is 22.4. The molecule has 5 rings (SSSR count). The molecule has 0 aliphatic heterocycles. The highest BCUT2D eigenvalue weighted by molar-refractivity contribution is 6.35. The van der Waals surface area contributed by atoms with E-state index in [-0.39, 0.29) is 24.3 Å². The number of hydrogen-bond donors (Lipinski definition) is 2. The van der Waals surface area contributed by atoms with Crippen LogP contribution in [0.1, 0.15) is 60.8 Å². The SMILES string of the molecule is CC(C)n1cc([C@@H](Nc2cc(Cl)c3ncc(C#N)c(NC(CC#N)c4ccccc4)c3c2)c2ccc(F)cc2)nn1. The highest BCUT2D eigenvalue weighted by Gasteiger charge is 2.22. The average Bonchev–Trinajstić information content (AvgIpc) is 3.47. The van der Waals surface area contributed by atoms with Gasteiger partial charge in [0.2, 0.25) is 0 Å². The molecule has 0 radical (unpaired) electrons. The maximum atomic E-state index is 13.8. The second-order valence-corrected chi connectivity index (χ2v) is 10.2. The maximum Gasteiger partial charge on any atom is 0.123 e. The largest absolute Gasteiger partial charge is 0.376 e. The van der Waals surface area contributed by atoms with E-state index < -0.39 is 6.04 Å². The summed E-state index contributed by atoms with van der Waals surface area (Å²) in [6.45, 7) is 4.01. The van der Waals surface area contributed by atoms with Crippen LogP contribution < -0.4 is 10.6 Å². The highest BCUT2D eigenvalue weighted by Crippen LogP contribution is 2.37. The van der Waals surface area contributed by atoms with Crippen molar-refractivity contribution in [2.45, 2.75) is 38.4 Å². The number of nitrogens with zero attached hydrogens (tertiary/aromatic N) is 6. The normalized spacial score (nSPS) is 12.5. The van der Waals surface area contributed by atoms with E-state index in [1.165, 1.54) is 18.3 Å².